The Kier molecular flexibility index (Phi) is 6.51. The number of rotatable bonds is 5. The largest absolute Gasteiger partial charge is 0.395 e. The summed E-state index contributed by atoms with van der Waals surface area (Å²) in [5.41, 5.74) is 0. The van der Waals surface area contributed by atoms with Gasteiger partial charge in [-0.05, 0) is 12.2 Å². The van der Waals surface area contributed by atoms with Crippen molar-refractivity contribution in [3.8, 4) is 0 Å². The van der Waals surface area contributed by atoms with Gasteiger partial charge in [-0.2, -0.15) is 0 Å². The van der Waals surface area contributed by atoms with Gasteiger partial charge in [-0.25, -0.2) is 0 Å². The molecule has 0 heterocycles. The van der Waals surface area contributed by atoms with Crippen LogP contribution in [0.3, 0.4) is 0 Å². The van der Waals surface area contributed by atoms with E-state index in [1.54, 1.807) is 17.2 Å². The van der Waals surface area contributed by atoms with Gasteiger partial charge in [0.25, 0.3) is 0 Å². The van der Waals surface area contributed by atoms with Gasteiger partial charge in [-0.3, -0.25) is 4.79 Å². The van der Waals surface area contributed by atoms with E-state index in [4.69, 9.17) is 5.11 Å². The van der Waals surface area contributed by atoms with Crippen molar-refractivity contribution in [2.45, 2.75) is 0 Å². The highest BCUT2D eigenvalue weighted by Gasteiger charge is 1.89. The normalized spacial score (nSPS) is 12.1. The molecule has 0 bridgehead atoms. The van der Waals surface area contributed by atoms with Crippen molar-refractivity contribution in [1.29, 1.82) is 0 Å². The van der Waals surface area contributed by atoms with Gasteiger partial charge in [0.1, 0.15) is 6.29 Å². The Morgan fingerprint density at radius 3 is 2.83 bits per heavy atom. The molecule has 0 unspecified atom stereocenters. The van der Waals surface area contributed by atoms with Gasteiger partial charge in [-0.15, -0.1) is 12.6 Å². The first-order valence-corrected chi connectivity index (χ1v) is 3.99. The van der Waals surface area contributed by atoms with Gasteiger partial charge in [0.2, 0.25) is 0 Å². The van der Waals surface area contributed by atoms with Crippen LogP contribution in [0.25, 0.3) is 0 Å². The predicted octanol–water partition coefficient (Wildman–Crippen LogP) is 0.437. The standard InChI is InChI=1S/C8H13NO2S/c1-9(4-6-11)7-8(12)3-2-5-10/h2-3,5,7,11-12H,4,6H2,1H3/b3-2-,8-7+. The Balaban J connectivity index is 3.96. The monoisotopic (exact) mass is 187 g/mol. The molecule has 0 spiro atoms. The molecular weight excluding hydrogens is 174 g/mol. The molecule has 12 heavy (non-hydrogen) atoms. The van der Waals surface area contributed by atoms with Crippen LogP contribution in [0.5, 0.6) is 0 Å². The molecular formula is C8H13NO2S. The zero-order chi connectivity index (χ0) is 9.40. The highest BCUT2D eigenvalue weighted by atomic mass is 32.1. The second kappa shape index (κ2) is 6.94. The van der Waals surface area contributed by atoms with Gasteiger partial charge < -0.3 is 10.0 Å². The molecule has 0 aliphatic heterocycles. The predicted molar refractivity (Wildman–Crippen MR) is 52.0 cm³/mol. The van der Waals surface area contributed by atoms with Gasteiger partial charge in [0.15, 0.2) is 0 Å². The van der Waals surface area contributed by atoms with Gasteiger partial charge >= 0.3 is 0 Å². The number of hydrogen-bond acceptors (Lipinski definition) is 4. The smallest absolute Gasteiger partial charge is 0.142 e. The summed E-state index contributed by atoms with van der Waals surface area (Å²) >= 11 is 4.09. The zero-order valence-corrected chi connectivity index (χ0v) is 7.87. The summed E-state index contributed by atoms with van der Waals surface area (Å²) in [5, 5.41) is 8.56. The van der Waals surface area contributed by atoms with Gasteiger partial charge in [0, 0.05) is 24.7 Å². The van der Waals surface area contributed by atoms with Gasteiger partial charge in [0.05, 0.1) is 6.61 Å². The number of carbonyl (C=O) groups is 1. The van der Waals surface area contributed by atoms with E-state index in [9.17, 15) is 4.79 Å². The number of aldehydes is 1. The first-order valence-electron chi connectivity index (χ1n) is 3.54. The maximum absolute atomic E-state index is 9.92. The third kappa shape index (κ3) is 6.00. The molecule has 0 amide bonds. The first-order chi connectivity index (χ1) is 5.70. The molecule has 0 radical (unpaired) electrons. The molecule has 0 aromatic rings. The maximum Gasteiger partial charge on any atom is 0.142 e. The van der Waals surface area contributed by atoms with Crippen LogP contribution in [-0.2, 0) is 4.79 Å². The molecule has 3 nitrogen and oxygen atoms in total. The van der Waals surface area contributed by atoms with E-state index in [1.807, 2.05) is 7.05 Å². The number of aliphatic hydroxyl groups excluding tert-OH is 1. The highest BCUT2D eigenvalue weighted by Crippen LogP contribution is 2.02. The molecule has 0 aliphatic carbocycles. The Labute approximate surface area is 77.8 Å². The molecule has 0 aromatic carbocycles. The summed E-state index contributed by atoms with van der Waals surface area (Å²) in [4.78, 5) is 12.4. The third-order valence-corrected chi connectivity index (χ3v) is 1.42. The van der Waals surface area contributed by atoms with Crippen LogP contribution in [0, 0.1) is 0 Å². The van der Waals surface area contributed by atoms with Crippen molar-refractivity contribution in [3.05, 3.63) is 23.3 Å². The minimum Gasteiger partial charge on any atom is -0.395 e. The molecule has 68 valence electrons. The number of allylic oxidation sites excluding steroid dienone is 2. The Morgan fingerprint density at radius 2 is 2.33 bits per heavy atom. The van der Waals surface area contributed by atoms with Crippen LogP contribution in [0.1, 0.15) is 0 Å². The second-order valence-electron chi connectivity index (χ2n) is 2.25. The zero-order valence-electron chi connectivity index (χ0n) is 6.97. The molecule has 0 aliphatic rings. The lowest BCUT2D eigenvalue weighted by Gasteiger charge is -2.11. The second-order valence-corrected chi connectivity index (χ2v) is 2.77. The number of nitrogens with zero attached hydrogens (tertiary/aromatic N) is 1. The number of hydrogen-bond donors (Lipinski definition) is 2. The summed E-state index contributed by atoms with van der Waals surface area (Å²) in [7, 11) is 1.82. The fourth-order valence-corrected chi connectivity index (χ4v) is 0.912. The lowest BCUT2D eigenvalue weighted by Crippen LogP contribution is -2.15. The van der Waals surface area contributed by atoms with Crippen LogP contribution in [0.15, 0.2) is 23.3 Å². The van der Waals surface area contributed by atoms with E-state index in [-0.39, 0.29) is 6.61 Å². The fourth-order valence-electron chi connectivity index (χ4n) is 0.629. The quantitative estimate of drug-likeness (QED) is 0.284. The van der Waals surface area contributed by atoms with Gasteiger partial charge in [-0.1, -0.05) is 0 Å². The molecule has 1 N–H and O–H groups in total. The fraction of sp³-hybridized carbons (Fsp3) is 0.375. The molecule has 0 rings (SSSR count). The molecule has 0 aromatic heterocycles. The third-order valence-electron chi connectivity index (χ3n) is 1.15. The number of carbonyl (C=O) groups excluding carboxylic acids is 1. The Bertz CT molecular complexity index is 189. The van der Waals surface area contributed by atoms with Crippen LogP contribution < -0.4 is 0 Å². The van der Waals surface area contributed by atoms with Crippen LogP contribution >= 0.6 is 12.6 Å². The van der Waals surface area contributed by atoms with Crippen molar-refractivity contribution >= 4 is 18.9 Å². The molecule has 0 saturated heterocycles. The Hall–Kier alpha value is -0.740. The van der Waals surface area contributed by atoms with Crippen molar-refractivity contribution in [3.63, 3.8) is 0 Å². The topological polar surface area (TPSA) is 40.5 Å². The van der Waals surface area contributed by atoms with E-state index in [0.29, 0.717) is 17.7 Å². The molecule has 0 fully saturated rings. The van der Waals surface area contributed by atoms with Crippen molar-refractivity contribution in [2.24, 2.45) is 0 Å². The summed E-state index contributed by atoms with van der Waals surface area (Å²) in [5.74, 6) is 0. The van der Waals surface area contributed by atoms with E-state index in [2.05, 4.69) is 12.6 Å². The lowest BCUT2D eigenvalue weighted by molar-refractivity contribution is -0.104. The SMILES string of the molecule is CN(/C=C(S)\C=C/C=O)CCO. The summed E-state index contributed by atoms with van der Waals surface area (Å²) in [6.07, 6.45) is 5.38. The minimum atomic E-state index is 0.103. The summed E-state index contributed by atoms with van der Waals surface area (Å²) < 4.78 is 0. The number of aliphatic hydroxyl groups is 1. The average Bonchev–Trinajstić information content (AvgIpc) is 2.01. The van der Waals surface area contributed by atoms with Crippen molar-refractivity contribution < 1.29 is 9.90 Å². The van der Waals surface area contributed by atoms with Crippen LogP contribution in [-0.4, -0.2) is 36.5 Å². The highest BCUT2D eigenvalue weighted by molar-refractivity contribution is 7.84. The van der Waals surface area contributed by atoms with Crippen LogP contribution in [0.4, 0.5) is 0 Å². The van der Waals surface area contributed by atoms with Crippen molar-refractivity contribution in [1.82, 2.24) is 4.90 Å². The molecule has 4 heteroatoms. The molecule has 0 atom stereocenters. The van der Waals surface area contributed by atoms with E-state index < -0.39 is 0 Å². The van der Waals surface area contributed by atoms with E-state index >= 15 is 0 Å². The maximum atomic E-state index is 9.92. The lowest BCUT2D eigenvalue weighted by atomic mass is 10.5. The summed E-state index contributed by atoms with van der Waals surface area (Å²) in [6.45, 7) is 0.657. The van der Waals surface area contributed by atoms with E-state index in [1.165, 1.54) is 6.08 Å². The van der Waals surface area contributed by atoms with Crippen molar-refractivity contribution in [2.75, 3.05) is 20.2 Å². The number of thiol groups is 1. The average molecular weight is 187 g/mol. The van der Waals surface area contributed by atoms with E-state index in [0.717, 1.165) is 0 Å². The molecule has 0 saturated carbocycles. The number of likely N-dealkylation sites (N-methyl/N-ethyl adjacent to an activating group) is 1. The Morgan fingerprint density at radius 1 is 1.67 bits per heavy atom. The summed E-state index contributed by atoms with van der Waals surface area (Å²) in [6, 6.07) is 0. The first kappa shape index (κ1) is 11.3. The van der Waals surface area contributed by atoms with Crippen LogP contribution in [0.2, 0.25) is 0 Å². The minimum absolute atomic E-state index is 0.103.